The molecule has 3 rings (SSSR count). The number of hydrogen-bond acceptors (Lipinski definition) is 3. The molecule has 108 valence electrons. The van der Waals surface area contributed by atoms with E-state index < -0.39 is 0 Å². The van der Waals surface area contributed by atoms with Gasteiger partial charge in [-0.3, -0.25) is 4.98 Å². The summed E-state index contributed by atoms with van der Waals surface area (Å²) < 4.78 is 13.5. The Morgan fingerprint density at radius 2 is 1.91 bits per heavy atom. The number of nitrogens with zero attached hydrogens (tertiary/aromatic N) is 2. The highest BCUT2D eigenvalue weighted by Crippen LogP contribution is 2.24. The van der Waals surface area contributed by atoms with E-state index in [9.17, 15) is 4.39 Å². The summed E-state index contributed by atoms with van der Waals surface area (Å²) in [5.74, 6) is -0.278. The van der Waals surface area contributed by atoms with Gasteiger partial charge in [-0.1, -0.05) is 12.1 Å². The highest BCUT2D eigenvalue weighted by molar-refractivity contribution is 5.91. The third-order valence-electron chi connectivity index (χ3n) is 3.46. The van der Waals surface area contributed by atoms with Crippen molar-refractivity contribution in [2.45, 2.75) is 13.5 Å². The van der Waals surface area contributed by atoms with Crippen molar-refractivity contribution in [3.63, 3.8) is 0 Å². The van der Waals surface area contributed by atoms with Crippen LogP contribution in [0.2, 0.25) is 0 Å². The van der Waals surface area contributed by atoms with Gasteiger partial charge in [0.15, 0.2) is 0 Å². The molecular formula is C18H14FN3. The van der Waals surface area contributed by atoms with Gasteiger partial charge in [0.05, 0.1) is 17.1 Å². The van der Waals surface area contributed by atoms with E-state index in [0.717, 1.165) is 27.8 Å². The first-order chi connectivity index (χ1) is 10.7. The molecule has 0 aliphatic carbocycles. The summed E-state index contributed by atoms with van der Waals surface area (Å²) in [6.07, 6.45) is 0. The minimum Gasteiger partial charge on any atom is -0.380 e. The monoisotopic (exact) mass is 291 g/mol. The number of halogens is 1. The predicted octanol–water partition coefficient (Wildman–Crippen LogP) is 4.17. The van der Waals surface area contributed by atoms with Crippen LogP contribution >= 0.6 is 0 Å². The fraction of sp³-hybridized carbons (Fsp3) is 0.111. The van der Waals surface area contributed by atoms with E-state index in [1.54, 1.807) is 18.2 Å². The standard InChI is InChI=1S/C18H14FN3/c1-12-8-18(16-9-15(19)6-7-17(16)22-12)21-11-14-4-2-13(10-20)3-5-14/h2-9H,11H2,1H3,(H,21,22). The SMILES string of the molecule is Cc1cc(NCc2ccc(C#N)cc2)c2cc(F)ccc2n1. The molecule has 0 saturated carbocycles. The van der Waals surface area contributed by atoms with Gasteiger partial charge in [0.25, 0.3) is 0 Å². The molecule has 0 amide bonds. The Labute approximate surface area is 128 Å². The normalized spacial score (nSPS) is 10.4. The number of nitriles is 1. The zero-order chi connectivity index (χ0) is 15.5. The lowest BCUT2D eigenvalue weighted by molar-refractivity contribution is 0.629. The van der Waals surface area contributed by atoms with Crippen LogP contribution in [0.5, 0.6) is 0 Å². The average Bonchev–Trinajstić information content (AvgIpc) is 2.53. The van der Waals surface area contributed by atoms with Crippen molar-refractivity contribution in [1.82, 2.24) is 4.98 Å². The molecule has 0 fully saturated rings. The van der Waals surface area contributed by atoms with Crippen molar-refractivity contribution in [1.29, 1.82) is 5.26 Å². The lowest BCUT2D eigenvalue weighted by atomic mass is 10.1. The number of hydrogen-bond donors (Lipinski definition) is 1. The smallest absolute Gasteiger partial charge is 0.124 e. The number of aromatic nitrogens is 1. The number of nitrogens with one attached hydrogen (secondary N) is 1. The summed E-state index contributed by atoms with van der Waals surface area (Å²) in [4.78, 5) is 4.41. The molecule has 0 saturated heterocycles. The molecule has 0 unspecified atom stereocenters. The quantitative estimate of drug-likeness (QED) is 0.788. The summed E-state index contributed by atoms with van der Waals surface area (Å²) in [6.45, 7) is 2.51. The predicted molar refractivity (Wildman–Crippen MR) is 84.9 cm³/mol. The van der Waals surface area contributed by atoms with Gasteiger partial charge in [0.2, 0.25) is 0 Å². The number of rotatable bonds is 3. The van der Waals surface area contributed by atoms with Crippen LogP contribution in [0.25, 0.3) is 10.9 Å². The van der Waals surface area contributed by atoms with E-state index in [-0.39, 0.29) is 5.82 Å². The van der Waals surface area contributed by atoms with Gasteiger partial charge in [-0.2, -0.15) is 5.26 Å². The molecule has 0 bridgehead atoms. The van der Waals surface area contributed by atoms with Gasteiger partial charge in [-0.25, -0.2) is 4.39 Å². The fourth-order valence-electron chi connectivity index (χ4n) is 2.37. The third-order valence-corrected chi connectivity index (χ3v) is 3.46. The molecule has 2 aromatic carbocycles. The molecule has 4 heteroatoms. The molecule has 1 heterocycles. The molecule has 1 aromatic heterocycles. The van der Waals surface area contributed by atoms with Crippen LogP contribution in [0.1, 0.15) is 16.8 Å². The topological polar surface area (TPSA) is 48.7 Å². The van der Waals surface area contributed by atoms with Crippen LogP contribution in [-0.4, -0.2) is 4.98 Å². The van der Waals surface area contributed by atoms with Gasteiger partial charge in [-0.15, -0.1) is 0 Å². The molecule has 0 atom stereocenters. The zero-order valence-corrected chi connectivity index (χ0v) is 12.1. The van der Waals surface area contributed by atoms with Gasteiger partial charge < -0.3 is 5.32 Å². The van der Waals surface area contributed by atoms with E-state index in [4.69, 9.17) is 5.26 Å². The Morgan fingerprint density at radius 1 is 1.14 bits per heavy atom. The average molecular weight is 291 g/mol. The summed E-state index contributed by atoms with van der Waals surface area (Å²) in [6, 6.07) is 16.0. The molecule has 3 aromatic rings. The second-order valence-electron chi connectivity index (χ2n) is 5.13. The summed E-state index contributed by atoms with van der Waals surface area (Å²) in [5.41, 5.74) is 4.19. The largest absolute Gasteiger partial charge is 0.380 e. The maximum atomic E-state index is 13.5. The van der Waals surface area contributed by atoms with E-state index in [0.29, 0.717) is 12.1 Å². The second-order valence-corrected chi connectivity index (χ2v) is 5.13. The highest BCUT2D eigenvalue weighted by atomic mass is 19.1. The minimum absolute atomic E-state index is 0.278. The summed E-state index contributed by atoms with van der Waals surface area (Å²) >= 11 is 0. The molecule has 0 radical (unpaired) electrons. The first kappa shape index (κ1) is 14.0. The van der Waals surface area contributed by atoms with Crippen molar-refractivity contribution in [3.05, 3.63) is 71.2 Å². The van der Waals surface area contributed by atoms with Crippen LogP contribution in [0.15, 0.2) is 48.5 Å². The van der Waals surface area contributed by atoms with E-state index in [1.165, 1.54) is 12.1 Å². The van der Waals surface area contributed by atoms with Gasteiger partial charge in [-0.05, 0) is 48.9 Å². The van der Waals surface area contributed by atoms with Gasteiger partial charge in [0.1, 0.15) is 5.82 Å². The number of pyridine rings is 1. The Kier molecular flexibility index (Phi) is 3.71. The van der Waals surface area contributed by atoms with Gasteiger partial charge >= 0.3 is 0 Å². The maximum Gasteiger partial charge on any atom is 0.124 e. The molecule has 1 N–H and O–H groups in total. The Bertz CT molecular complexity index is 864. The fourth-order valence-corrected chi connectivity index (χ4v) is 2.37. The highest BCUT2D eigenvalue weighted by Gasteiger charge is 2.05. The van der Waals surface area contributed by atoms with Crippen molar-refractivity contribution < 1.29 is 4.39 Å². The molecule has 22 heavy (non-hydrogen) atoms. The Balaban J connectivity index is 1.89. The van der Waals surface area contributed by atoms with E-state index in [2.05, 4.69) is 16.4 Å². The maximum absolute atomic E-state index is 13.5. The first-order valence-corrected chi connectivity index (χ1v) is 6.95. The molecular weight excluding hydrogens is 277 g/mol. The Hall–Kier alpha value is -2.93. The van der Waals surface area contributed by atoms with Crippen LogP contribution < -0.4 is 5.32 Å². The number of benzene rings is 2. The second kappa shape index (κ2) is 5.82. The van der Waals surface area contributed by atoms with Gasteiger partial charge in [0, 0.05) is 23.3 Å². The van der Waals surface area contributed by atoms with Crippen molar-refractivity contribution in [2.75, 3.05) is 5.32 Å². The summed E-state index contributed by atoms with van der Waals surface area (Å²) in [5, 5.41) is 12.9. The lowest BCUT2D eigenvalue weighted by Crippen LogP contribution is -2.01. The number of aryl methyl sites for hydroxylation is 1. The first-order valence-electron chi connectivity index (χ1n) is 6.95. The van der Waals surface area contributed by atoms with E-state index in [1.807, 2.05) is 25.1 Å². The van der Waals surface area contributed by atoms with Crippen molar-refractivity contribution >= 4 is 16.6 Å². The lowest BCUT2D eigenvalue weighted by Gasteiger charge is -2.11. The number of fused-ring (bicyclic) bond motifs is 1. The zero-order valence-electron chi connectivity index (χ0n) is 12.1. The number of anilines is 1. The van der Waals surface area contributed by atoms with E-state index >= 15 is 0 Å². The molecule has 0 spiro atoms. The minimum atomic E-state index is -0.278. The summed E-state index contributed by atoms with van der Waals surface area (Å²) in [7, 11) is 0. The molecule has 0 aliphatic heterocycles. The third kappa shape index (κ3) is 2.89. The van der Waals surface area contributed by atoms with Crippen LogP contribution in [-0.2, 0) is 6.54 Å². The Morgan fingerprint density at radius 3 is 2.64 bits per heavy atom. The van der Waals surface area contributed by atoms with Crippen LogP contribution in [0.4, 0.5) is 10.1 Å². The molecule has 0 aliphatic rings. The van der Waals surface area contributed by atoms with Crippen molar-refractivity contribution in [2.24, 2.45) is 0 Å². The van der Waals surface area contributed by atoms with Crippen LogP contribution in [0.3, 0.4) is 0 Å². The van der Waals surface area contributed by atoms with Crippen LogP contribution in [0, 0.1) is 24.1 Å². The molecule has 3 nitrogen and oxygen atoms in total. The van der Waals surface area contributed by atoms with Crippen molar-refractivity contribution in [3.8, 4) is 6.07 Å².